The van der Waals surface area contributed by atoms with Crippen molar-refractivity contribution in [2.75, 3.05) is 0 Å². The summed E-state index contributed by atoms with van der Waals surface area (Å²) in [5.74, 6) is -0.643. The molecule has 0 aromatic heterocycles. The number of nitrogens with two attached hydrogens (primary N) is 1. The topological polar surface area (TPSA) is 119 Å². The molecule has 156 valence electrons. The monoisotopic (exact) mass is 399 g/mol. The number of hydrogen-bond acceptors (Lipinski definition) is 6. The molecule has 29 heavy (non-hydrogen) atoms. The van der Waals surface area contributed by atoms with E-state index in [0.717, 1.165) is 19.1 Å². The molecule has 6 nitrogen and oxygen atoms in total. The first-order chi connectivity index (χ1) is 13.5. The second-order valence-electron chi connectivity index (χ2n) is 8.61. The Kier molecular flexibility index (Phi) is 6.74. The summed E-state index contributed by atoms with van der Waals surface area (Å²) in [7, 11) is 0. The molecule has 1 saturated heterocycles. The SMILES string of the molecule is CC1(C)CC(OC(=N)/C=C\C(=N)c2ccc(/C(C=N)=C/N)cc2F)CC(C)(C)N1. The fourth-order valence-corrected chi connectivity index (χ4v) is 3.92. The van der Waals surface area contributed by atoms with Crippen LogP contribution in [0.25, 0.3) is 5.57 Å². The van der Waals surface area contributed by atoms with Gasteiger partial charge in [-0.2, -0.15) is 0 Å². The summed E-state index contributed by atoms with van der Waals surface area (Å²) in [6, 6.07) is 4.31. The Morgan fingerprint density at radius 3 is 2.31 bits per heavy atom. The third kappa shape index (κ3) is 6.09. The van der Waals surface area contributed by atoms with Crippen LogP contribution >= 0.6 is 0 Å². The Labute approximate surface area is 171 Å². The third-order valence-corrected chi connectivity index (χ3v) is 4.78. The van der Waals surface area contributed by atoms with Gasteiger partial charge in [0.1, 0.15) is 11.9 Å². The maximum absolute atomic E-state index is 14.4. The zero-order valence-electron chi connectivity index (χ0n) is 17.4. The van der Waals surface area contributed by atoms with Crippen LogP contribution in [0, 0.1) is 22.0 Å². The Bertz CT molecular complexity index is 854. The molecule has 0 radical (unpaired) electrons. The Morgan fingerprint density at radius 2 is 1.79 bits per heavy atom. The summed E-state index contributed by atoms with van der Waals surface area (Å²) < 4.78 is 20.2. The lowest BCUT2D eigenvalue weighted by atomic mass is 9.81. The number of piperidine rings is 1. The van der Waals surface area contributed by atoms with E-state index in [1.54, 1.807) is 6.07 Å². The molecule has 0 unspecified atom stereocenters. The summed E-state index contributed by atoms with van der Waals surface area (Å²) in [6.07, 6.45) is 6.44. The van der Waals surface area contributed by atoms with Crippen molar-refractivity contribution in [3.05, 3.63) is 53.5 Å². The predicted octanol–water partition coefficient (Wildman–Crippen LogP) is 4.00. The minimum Gasteiger partial charge on any atom is -0.475 e. The van der Waals surface area contributed by atoms with Gasteiger partial charge >= 0.3 is 0 Å². The first-order valence-corrected chi connectivity index (χ1v) is 9.50. The molecular formula is C22H30FN5O. The van der Waals surface area contributed by atoms with Crippen LogP contribution < -0.4 is 11.1 Å². The van der Waals surface area contributed by atoms with E-state index in [2.05, 4.69) is 33.0 Å². The van der Waals surface area contributed by atoms with E-state index in [1.807, 2.05) is 0 Å². The molecule has 0 atom stereocenters. The standard InChI is InChI=1S/C22H30FN5O/c1-21(2)10-16(11-22(3,4)28-21)29-20(27)8-7-19(26)17-6-5-14(9-18(17)23)15(12-24)13-25/h5-9,12-13,16,24,26-28H,10-11,25H2,1-4H3/b8-7-,15-13+,24-12?,26-19?,27-20?. The average Bonchev–Trinajstić information content (AvgIpc) is 2.58. The van der Waals surface area contributed by atoms with Gasteiger partial charge in [-0.05, 0) is 51.5 Å². The van der Waals surface area contributed by atoms with E-state index in [0.29, 0.717) is 11.1 Å². The molecule has 1 heterocycles. The molecule has 2 rings (SSSR count). The summed E-state index contributed by atoms with van der Waals surface area (Å²) in [6.45, 7) is 8.43. The summed E-state index contributed by atoms with van der Waals surface area (Å²) in [4.78, 5) is 0. The minimum absolute atomic E-state index is 0.0533. The van der Waals surface area contributed by atoms with Gasteiger partial charge in [-0.3, -0.25) is 5.41 Å². The molecule has 0 spiro atoms. The quantitative estimate of drug-likeness (QED) is 0.367. The maximum atomic E-state index is 14.4. The molecule has 1 aromatic rings. The number of rotatable bonds is 6. The number of allylic oxidation sites excluding steroid dienone is 2. The van der Waals surface area contributed by atoms with Gasteiger partial charge in [0.15, 0.2) is 0 Å². The van der Waals surface area contributed by atoms with Crippen molar-refractivity contribution in [1.82, 2.24) is 5.32 Å². The van der Waals surface area contributed by atoms with Gasteiger partial charge in [-0.1, -0.05) is 6.07 Å². The average molecular weight is 400 g/mol. The summed E-state index contributed by atoms with van der Waals surface area (Å²) in [5, 5.41) is 27.0. The van der Waals surface area contributed by atoms with Gasteiger partial charge < -0.3 is 26.6 Å². The van der Waals surface area contributed by atoms with Crippen LogP contribution in [-0.4, -0.2) is 35.0 Å². The first-order valence-electron chi connectivity index (χ1n) is 9.50. The fraction of sp³-hybridized carbons (Fsp3) is 0.409. The van der Waals surface area contributed by atoms with E-state index in [4.69, 9.17) is 26.7 Å². The molecule has 0 amide bonds. The number of ether oxygens (including phenoxy) is 1. The van der Waals surface area contributed by atoms with E-state index in [1.165, 1.54) is 30.5 Å². The van der Waals surface area contributed by atoms with Crippen LogP contribution in [-0.2, 0) is 4.74 Å². The van der Waals surface area contributed by atoms with Gasteiger partial charge in [-0.25, -0.2) is 4.39 Å². The van der Waals surface area contributed by atoms with Crippen molar-refractivity contribution in [3.63, 3.8) is 0 Å². The number of hydrogen-bond donors (Lipinski definition) is 5. The zero-order chi connectivity index (χ0) is 21.8. The molecule has 0 saturated carbocycles. The first kappa shape index (κ1) is 22.5. The largest absolute Gasteiger partial charge is 0.475 e. The Balaban J connectivity index is 2.05. The lowest BCUT2D eigenvalue weighted by molar-refractivity contribution is 0.0485. The highest BCUT2D eigenvalue weighted by molar-refractivity contribution is 6.11. The molecule has 0 bridgehead atoms. The van der Waals surface area contributed by atoms with Crippen LogP contribution in [0.3, 0.4) is 0 Å². The summed E-state index contributed by atoms with van der Waals surface area (Å²) in [5.41, 5.74) is 6.12. The van der Waals surface area contributed by atoms with E-state index >= 15 is 0 Å². The van der Waals surface area contributed by atoms with Crippen LogP contribution in [0.5, 0.6) is 0 Å². The predicted molar refractivity (Wildman–Crippen MR) is 116 cm³/mol. The Hall–Kier alpha value is -2.80. The second-order valence-corrected chi connectivity index (χ2v) is 8.61. The van der Waals surface area contributed by atoms with Crippen LogP contribution in [0.1, 0.15) is 51.7 Å². The van der Waals surface area contributed by atoms with Crippen molar-refractivity contribution in [2.45, 2.75) is 57.7 Å². The fourth-order valence-electron chi connectivity index (χ4n) is 3.92. The smallest absolute Gasteiger partial charge is 0.206 e. The molecule has 0 aliphatic carbocycles. The van der Waals surface area contributed by atoms with Gasteiger partial charge in [0.2, 0.25) is 5.90 Å². The molecule has 6 N–H and O–H groups in total. The van der Waals surface area contributed by atoms with Gasteiger partial charge in [0, 0.05) is 53.5 Å². The lowest BCUT2D eigenvalue weighted by Gasteiger charge is -2.46. The highest BCUT2D eigenvalue weighted by Gasteiger charge is 2.38. The normalized spacial score (nSPS) is 19.1. The number of nitrogens with one attached hydrogen (secondary N) is 4. The summed E-state index contributed by atoms with van der Waals surface area (Å²) >= 11 is 0. The lowest BCUT2D eigenvalue weighted by Crippen LogP contribution is -2.59. The molecule has 1 aliphatic rings. The van der Waals surface area contributed by atoms with E-state index < -0.39 is 5.82 Å². The Morgan fingerprint density at radius 1 is 1.17 bits per heavy atom. The van der Waals surface area contributed by atoms with Gasteiger partial charge in [0.05, 0.1) is 5.71 Å². The highest BCUT2D eigenvalue weighted by Crippen LogP contribution is 2.30. The zero-order valence-corrected chi connectivity index (χ0v) is 17.4. The molecular weight excluding hydrogens is 369 g/mol. The minimum atomic E-state index is -0.590. The number of benzene rings is 1. The van der Waals surface area contributed by atoms with Crippen molar-refractivity contribution in [1.29, 1.82) is 16.2 Å². The maximum Gasteiger partial charge on any atom is 0.206 e. The molecule has 1 aliphatic heterocycles. The van der Waals surface area contributed by atoms with Crippen molar-refractivity contribution in [3.8, 4) is 0 Å². The van der Waals surface area contributed by atoms with E-state index in [9.17, 15) is 4.39 Å². The van der Waals surface area contributed by atoms with Crippen molar-refractivity contribution < 1.29 is 9.13 Å². The van der Waals surface area contributed by atoms with E-state index in [-0.39, 0.29) is 34.4 Å². The number of halogens is 1. The molecule has 1 fully saturated rings. The molecule has 1 aromatic carbocycles. The van der Waals surface area contributed by atoms with Crippen molar-refractivity contribution in [2.24, 2.45) is 5.73 Å². The van der Waals surface area contributed by atoms with Gasteiger partial charge in [-0.15, -0.1) is 0 Å². The van der Waals surface area contributed by atoms with Gasteiger partial charge in [0.25, 0.3) is 0 Å². The highest BCUT2D eigenvalue weighted by atomic mass is 19.1. The van der Waals surface area contributed by atoms with Crippen LogP contribution in [0.15, 0.2) is 36.6 Å². The second kappa shape index (κ2) is 8.69. The van der Waals surface area contributed by atoms with Crippen molar-refractivity contribution >= 4 is 23.4 Å². The third-order valence-electron chi connectivity index (χ3n) is 4.78. The van der Waals surface area contributed by atoms with Crippen LogP contribution in [0.2, 0.25) is 0 Å². The van der Waals surface area contributed by atoms with Crippen LogP contribution in [0.4, 0.5) is 4.39 Å². The molecule has 7 heteroatoms.